The first-order valence-electron chi connectivity index (χ1n) is 7.29. The van der Waals surface area contributed by atoms with Gasteiger partial charge in [0.2, 0.25) is 0 Å². The van der Waals surface area contributed by atoms with Crippen molar-refractivity contribution in [3.63, 3.8) is 0 Å². The van der Waals surface area contributed by atoms with Gasteiger partial charge in [-0.05, 0) is 25.0 Å². The molecular weight excluding hydrogens is 321 g/mol. The third-order valence-electron chi connectivity index (χ3n) is 3.82. The van der Waals surface area contributed by atoms with Crippen LogP contribution < -0.4 is 4.74 Å². The summed E-state index contributed by atoms with van der Waals surface area (Å²) >= 11 is 12.4. The molecule has 0 saturated carbocycles. The molecule has 116 valence electrons. The lowest BCUT2D eigenvalue weighted by Gasteiger charge is -2.32. The fourth-order valence-electron chi connectivity index (χ4n) is 2.61. The molecule has 1 aliphatic heterocycles. The minimum atomic E-state index is 0.252. The van der Waals surface area contributed by atoms with Crippen LogP contribution in [-0.4, -0.2) is 34.1 Å². The Balaban J connectivity index is 1.54. The van der Waals surface area contributed by atoms with Gasteiger partial charge in [-0.3, -0.25) is 14.9 Å². The summed E-state index contributed by atoms with van der Waals surface area (Å²) in [7, 11) is 0. The first kappa shape index (κ1) is 15.5. The number of nitrogens with zero attached hydrogens (tertiary/aromatic N) is 3. The average Bonchev–Trinajstić information content (AvgIpc) is 2.54. The molecule has 2 aromatic rings. The maximum atomic E-state index is 6.18. The summed E-state index contributed by atoms with van der Waals surface area (Å²) in [6.45, 7) is 2.68. The van der Waals surface area contributed by atoms with E-state index in [9.17, 15) is 0 Å². The Morgan fingerprint density at radius 3 is 2.32 bits per heavy atom. The molecule has 1 aliphatic rings. The van der Waals surface area contributed by atoms with Gasteiger partial charge in [0.25, 0.3) is 0 Å². The molecule has 0 amide bonds. The van der Waals surface area contributed by atoms with Gasteiger partial charge < -0.3 is 4.74 Å². The first-order chi connectivity index (χ1) is 10.7. The van der Waals surface area contributed by atoms with Crippen LogP contribution in [0.15, 0.2) is 36.9 Å². The fraction of sp³-hybridized carbons (Fsp3) is 0.375. The molecule has 1 saturated heterocycles. The van der Waals surface area contributed by atoms with E-state index in [2.05, 4.69) is 14.9 Å². The highest BCUT2D eigenvalue weighted by Crippen LogP contribution is 2.26. The maximum Gasteiger partial charge on any atom is 0.122 e. The van der Waals surface area contributed by atoms with Gasteiger partial charge in [0.15, 0.2) is 0 Å². The molecule has 0 N–H and O–H groups in total. The van der Waals surface area contributed by atoms with Crippen molar-refractivity contribution in [2.75, 3.05) is 13.1 Å². The molecule has 0 bridgehead atoms. The Kier molecular flexibility index (Phi) is 5.13. The predicted molar refractivity (Wildman–Crippen MR) is 87.4 cm³/mol. The van der Waals surface area contributed by atoms with Crippen molar-refractivity contribution in [1.29, 1.82) is 0 Å². The number of rotatable bonds is 4. The molecule has 0 spiro atoms. The van der Waals surface area contributed by atoms with Crippen LogP contribution in [-0.2, 0) is 6.54 Å². The van der Waals surface area contributed by atoms with E-state index < -0.39 is 0 Å². The minimum Gasteiger partial charge on any atom is -0.490 e. The maximum absolute atomic E-state index is 6.18. The van der Waals surface area contributed by atoms with Crippen molar-refractivity contribution < 1.29 is 4.74 Å². The third kappa shape index (κ3) is 3.88. The van der Waals surface area contributed by atoms with Gasteiger partial charge in [0.1, 0.15) is 11.9 Å². The first-order valence-corrected chi connectivity index (χ1v) is 8.05. The number of hydrogen-bond donors (Lipinski definition) is 0. The standard InChI is InChI=1S/C16H17Cl2N3O/c17-15-9-20-10-16(18)14(15)11-21-7-3-13(4-8-21)22-12-1-5-19-6-2-12/h1-2,5-6,9-10,13H,3-4,7-8,11H2. The zero-order valence-corrected chi connectivity index (χ0v) is 13.6. The number of ether oxygens (including phenoxy) is 1. The number of halogens is 2. The van der Waals surface area contributed by atoms with Gasteiger partial charge in [-0.25, -0.2) is 0 Å². The van der Waals surface area contributed by atoms with E-state index in [1.54, 1.807) is 24.8 Å². The molecule has 6 heteroatoms. The van der Waals surface area contributed by atoms with Crippen molar-refractivity contribution in [3.05, 3.63) is 52.5 Å². The van der Waals surface area contributed by atoms with Gasteiger partial charge in [0.05, 0.1) is 10.0 Å². The topological polar surface area (TPSA) is 38.2 Å². The quantitative estimate of drug-likeness (QED) is 0.849. The highest BCUT2D eigenvalue weighted by atomic mass is 35.5. The van der Waals surface area contributed by atoms with Gasteiger partial charge in [-0.1, -0.05) is 23.2 Å². The van der Waals surface area contributed by atoms with E-state index in [0.29, 0.717) is 10.0 Å². The van der Waals surface area contributed by atoms with Crippen molar-refractivity contribution in [2.45, 2.75) is 25.5 Å². The summed E-state index contributed by atoms with van der Waals surface area (Å²) in [5.74, 6) is 0.883. The summed E-state index contributed by atoms with van der Waals surface area (Å²) in [5, 5.41) is 1.25. The largest absolute Gasteiger partial charge is 0.490 e. The molecule has 3 rings (SSSR count). The van der Waals surface area contributed by atoms with Crippen LogP contribution in [0.25, 0.3) is 0 Å². The molecule has 22 heavy (non-hydrogen) atoms. The summed E-state index contributed by atoms with van der Waals surface area (Å²) in [4.78, 5) is 10.3. The lowest BCUT2D eigenvalue weighted by Crippen LogP contribution is -2.37. The van der Waals surface area contributed by atoms with E-state index in [0.717, 1.165) is 43.8 Å². The van der Waals surface area contributed by atoms with Crippen molar-refractivity contribution >= 4 is 23.2 Å². The molecular formula is C16H17Cl2N3O. The van der Waals surface area contributed by atoms with E-state index in [1.807, 2.05) is 12.1 Å². The average molecular weight is 338 g/mol. The van der Waals surface area contributed by atoms with Crippen LogP contribution in [0.5, 0.6) is 5.75 Å². The Labute approximate surface area is 140 Å². The zero-order valence-electron chi connectivity index (χ0n) is 12.1. The second kappa shape index (κ2) is 7.27. The van der Waals surface area contributed by atoms with Crippen molar-refractivity contribution in [1.82, 2.24) is 14.9 Å². The van der Waals surface area contributed by atoms with Crippen molar-refractivity contribution in [2.24, 2.45) is 0 Å². The second-order valence-electron chi connectivity index (χ2n) is 5.36. The Hall–Kier alpha value is -1.36. The van der Waals surface area contributed by atoms with Crippen LogP contribution in [0, 0.1) is 0 Å². The Bertz CT molecular complexity index is 596. The van der Waals surface area contributed by atoms with E-state index in [4.69, 9.17) is 27.9 Å². The summed E-state index contributed by atoms with van der Waals surface area (Å²) in [6.07, 6.45) is 9.01. The van der Waals surface area contributed by atoms with Crippen LogP contribution >= 0.6 is 23.2 Å². The fourth-order valence-corrected chi connectivity index (χ4v) is 3.09. The molecule has 2 aromatic heterocycles. The van der Waals surface area contributed by atoms with Gasteiger partial charge in [-0.15, -0.1) is 0 Å². The second-order valence-corrected chi connectivity index (χ2v) is 6.17. The summed E-state index contributed by atoms with van der Waals surface area (Å²) < 4.78 is 5.97. The minimum absolute atomic E-state index is 0.252. The van der Waals surface area contributed by atoms with Gasteiger partial charge in [0, 0.05) is 50.0 Å². The molecule has 0 aromatic carbocycles. The van der Waals surface area contributed by atoms with Crippen LogP contribution in [0.3, 0.4) is 0 Å². The Morgan fingerprint density at radius 1 is 1.05 bits per heavy atom. The molecule has 0 atom stereocenters. The smallest absolute Gasteiger partial charge is 0.122 e. The van der Waals surface area contributed by atoms with Crippen LogP contribution in [0.4, 0.5) is 0 Å². The van der Waals surface area contributed by atoms with Gasteiger partial charge in [-0.2, -0.15) is 0 Å². The van der Waals surface area contributed by atoms with Crippen LogP contribution in [0.1, 0.15) is 18.4 Å². The predicted octanol–water partition coefficient (Wildman–Crippen LogP) is 3.83. The number of aromatic nitrogens is 2. The highest BCUT2D eigenvalue weighted by Gasteiger charge is 2.22. The monoisotopic (exact) mass is 337 g/mol. The Morgan fingerprint density at radius 2 is 1.68 bits per heavy atom. The summed E-state index contributed by atoms with van der Waals surface area (Å²) in [6, 6.07) is 3.78. The molecule has 0 radical (unpaired) electrons. The zero-order chi connectivity index (χ0) is 15.4. The number of piperidine rings is 1. The van der Waals surface area contributed by atoms with E-state index >= 15 is 0 Å². The van der Waals surface area contributed by atoms with E-state index in [-0.39, 0.29) is 6.10 Å². The number of likely N-dealkylation sites (tertiary alicyclic amines) is 1. The lowest BCUT2D eigenvalue weighted by atomic mass is 10.1. The van der Waals surface area contributed by atoms with Crippen molar-refractivity contribution in [3.8, 4) is 5.75 Å². The molecule has 1 fully saturated rings. The lowest BCUT2D eigenvalue weighted by molar-refractivity contribution is 0.0967. The molecule has 4 nitrogen and oxygen atoms in total. The molecule has 3 heterocycles. The SMILES string of the molecule is Clc1cncc(Cl)c1CN1CCC(Oc2ccncc2)CC1. The highest BCUT2D eigenvalue weighted by molar-refractivity contribution is 6.35. The molecule has 0 unspecified atom stereocenters. The molecule has 0 aliphatic carbocycles. The number of hydrogen-bond acceptors (Lipinski definition) is 4. The van der Waals surface area contributed by atoms with E-state index in [1.165, 1.54) is 0 Å². The number of pyridine rings is 2. The normalized spacial score (nSPS) is 16.6. The van der Waals surface area contributed by atoms with Crippen LogP contribution in [0.2, 0.25) is 10.0 Å². The van der Waals surface area contributed by atoms with Gasteiger partial charge >= 0.3 is 0 Å². The third-order valence-corrected chi connectivity index (χ3v) is 4.47. The summed E-state index contributed by atoms with van der Waals surface area (Å²) in [5.41, 5.74) is 0.951.